The molecule has 14 heteroatoms. The summed E-state index contributed by atoms with van der Waals surface area (Å²) in [7, 11) is 0. The number of cyclic esters (lactones) is 2. The van der Waals surface area contributed by atoms with Crippen molar-refractivity contribution >= 4 is 24.1 Å². The minimum atomic E-state index is -1.34. The van der Waals surface area contributed by atoms with E-state index >= 15 is 0 Å². The number of ether oxygens (including phenoxy) is 2. The Labute approximate surface area is 326 Å². The second kappa shape index (κ2) is 21.4. The summed E-state index contributed by atoms with van der Waals surface area (Å²) in [5.41, 5.74) is -2.28. The third kappa shape index (κ3) is 13.1. The molecular weight excluding hydrogens is 724 g/mol. The van der Waals surface area contributed by atoms with Crippen LogP contribution in [0.25, 0.3) is 12.2 Å². The van der Waals surface area contributed by atoms with Gasteiger partial charge in [0, 0.05) is 35.8 Å². The van der Waals surface area contributed by atoms with Crippen LogP contribution in [-0.4, -0.2) is 101 Å². The molecular formula is C42H54N2O12. The highest BCUT2D eigenvalue weighted by Gasteiger charge is 2.39. The summed E-state index contributed by atoms with van der Waals surface area (Å²) < 4.78 is 22.4. The van der Waals surface area contributed by atoms with E-state index in [9.17, 15) is 40.2 Å². The molecule has 0 saturated heterocycles. The first-order valence-electron chi connectivity index (χ1n) is 18.2. The summed E-state index contributed by atoms with van der Waals surface area (Å²) in [6, 6.07) is 0. The monoisotopic (exact) mass is 778 g/mol. The molecule has 0 amide bonds. The van der Waals surface area contributed by atoms with E-state index in [0.717, 1.165) is 12.5 Å². The number of hydrogen-bond donors (Lipinski definition) is 6. The van der Waals surface area contributed by atoms with E-state index in [1.165, 1.54) is 72.9 Å². The molecule has 304 valence electrons. The molecule has 6 N–H and O–H groups in total. The Balaban J connectivity index is 1.94. The van der Waals surface area contributed by atoms with E-state index in [0.29, 0.717) is 0 Å². The Morgan fingerprint density at radius 2 is 0.982 bits per heavy atom. The van der Waals surface area contributed by atoms with Crippen LogP contribution in [0.1, 0.15) is 87.1 Å². The summed E-state index contributed by atoms with van der Waals surface area (Å²) in [4.78, 5) is 34.7. The second-order valence-electron chi connectivity index (χ2n) is 14.3. The maximum absolute atomic E-state index is 13.2. The first kappa shape index (κ1) is 45.4. The van der Waals surface area contributed by atoms with Crippen LogP contribution in [0.2, 0.25) is 0 Å². The molecule has 14 nitrogen and oxygen atoms in total. The van der Waals surface area contributed by atoms with Crippen molar-refractivity contribution < 1.29 is 58.5 Å². The summed E-state index contributed by atoms with van der Waals surface area (Å²) in [5, 5.41) is 63.9. The van der Waals surface area contributed by atoms with Crippen LogP contribution in [0.4, 0.5) is 0 Å². The lowest BCUT2D eigenvalue weighted by Crippen LogP contribution is -2.42. The van der Waals surface area contributed by atoms with Crippen LogP contribution >= 0.6 is 0 Å². The van der Waals surface area contributed by atoms with Gasteiger partial charge in [0.15, 0.2) is 11.4 Å². The number of aromatic nitrogens is 2. The minimum absolute atomic E-state index is 0.0472. The zero-order chi connectivity index (χ0) is 41.5. The van der Waals surface area contributed by atoms with Crippen molar-refractivity contribution in [3.63, 3.8) is 0 Å². The number of hydrogen-bond acceptors (Lipinski definition) is 14. The van der Waals surface area contributed by atoms with Crippen molar-refractivity contribution in [2.45, 2.75) is 103 Å². The zero-order valence-electron chi connectivity index (χ0n) is 32.5. The predicted molar refractivity (Wildman–Crippen MR) is 209 cm³/mol. The van der Waals surface area contributed by atoms with Gasteiger partial charge in [0.2, 0.25) is 11.8 Å². The van der Waals surface area contributed by atoms with Crippen molar-refractivity contribution in [2.24, 2.45) is 10.8 Å². The van der Waals surface area contributed by atoms with Gasteiger partial charge in [-0.2, -0.15) is 0 Å². The van der Waals surface area contributed by atoms with Crippen molar-refractivity contribution in [1.82, 2.24) is 9.97 Å². The molecule has 0 radical (unpaired) electrons. The quantitative estimate of drug-likeness (QED) is 0.171. The third-order valence-corrected chi connectivity index (χ3v) is 9.28. The van der Waals surface area contributed by atoms with Gasteiger partial charge < -0.3 is 48.9 Å². The predicted octanol–water partition coefficient (Wildman–Crippen LogP) is 4.83. The Hall–Kier alpha value is -4.96. The lowest BCUT2D eigenvalue weighted by atomic mass is 9.79. The first-order chi connectivity index (χ1) is 26.5. The van der Waals surface area contributed by atoms with Gasteiger partial charge >= 0.3 is 11.9 Å². The fourth-order valence-corrected chi connectivity index (χ4v) is 5.31. The molecule has 0 fully saturated rings. The number of oxazole rings is 2. The first-order valence-corrected chi connectivity index (χ1v) is 18.2. The van der Waals surface area contributed by atoms with E-state index in [1.54, 1.807) is 65.8 Å². The number of allylic oxidation sites excluding steroid dienone is 6. The molecule has 8 atom stereocenters. The number of fused-ring (bicyclic) bond motifs is 4. The van der Waals surface area contributed by atoms with Gasteiger partial charge in [0.05, 0.1) is 12.2 Å². The minimum Gasteiger partial charge on any atom is -0.457 e. The average molecular weight is 779 g/mol. The highest BCUT2D eigenvalue weighted by atomic mass is 16.6. The molecule has 0 aliphatic carbocycles. The molecule has 4 bridgehead atoms. The smallest absolute Gasteiger partial charge is 0.360 e. The number of nitrogens with zero attached hydrogens (tertiary/aromatic N) is 2. The molecule has 56 heavy (non-hydrogen) atoms. The molecule has 8 unspecified atom stereocenters. The number of carbonyl (C=O) groups is 2. The maximum Gasteiger partial charge on any atom is 0.360 e. The van der Waals surface area contributed by atoms with Crippen molar-refractivity contribution in [3.8, 4) is 0 Å². The van der Waals surface area contributed by atoms with Gasteiger partial charge in [-0.25, -0.2) is 19.6 Å². The number of carbonyl (C=O) groups excluding carboxylic acids is 2. The average Bonchev–Trinajstić information content (AvgIpc) is 3.84. The molecule has 0 aromatic carbocycles. The Kier molecular flexibility index (Phi) is 17.3. The highest BCUT2D eigenvalue weighted by Crippen LogP contribution is 2.33. The van der Waals surface area contributed by atoms with E-state index in [4.69, 9.17) is 18.3 Å². The van der Waals surface area contributed by atoms with E-state index in [-0.39, 0.29) is 36.0 Å². The van der Waals surface area contributed by atoms with E-state index < -0.39 is 71.6 Å². The second-order valence-corrected chi connectivity index (χ2v) is 14.3. The fourth-order valence-electron chi connectivity index (χ4n) is 5.31. The zero-order valence-corrected chi connectivity index (χ0v) is 32.5. The van der Waals surface area contributed by atoms with Crippen LogP contribution in [-0.2, 0) is 9.47 Å². The third-order valence-electron chi connectivity index (χ3n) is 9.28. The van der Waals surface area contributed by atoms with Gasteiger partial charge in [0.1, 0.15) is 49.2 Å². The number of aliphatic hydroxyl groups excluding tert-OH is 6. The van der Waals surface area contributed by atoms with Gasteiger partial charge in [-0.05, 0) is 13.8 Å². The summed E-state index contributed by atoms with van der Waals surface area (Å²) in [6.45, 7) is 10.4. The van der Waals surface area contributed by atoms with Gasteiger partial charge in [-0.1, -0.05) is 113 Å². The van der Waals surface area contributed by atoms with Crippen LogP contribution in [0.15, 0.2) is 106 Å². The number of rotatable bonds is 6. The van der Waals surface area contributed by atoms with Gasteiger partial charge in [-0.15, -0.1) is 0 Å². The van der Waals surface area contributed by atoms with Crippen molar-refractivity contribution in [1.29, 1.82) is 0 Å². The maximum atomic E-state index is 13.2. The molecule has 3 rings (SSSR count). The summed E-state index contributed by atoms with van der Waals surface area (Å²) in [6.07, 6.45) is 16.7. The summed E-state index contributed by atoms with van der Waals surface area (Å²) >= 11 is 0. The van der Waals surface area contributed by atoms with Gasteiger partial charge in [-0.3, -0.25) is 0 Å². The largest absolute Gasteiger partial charge is 0.457 e. The van der Waals surface area contributed by atoms with E-state index in [1.807, 2.05) is 0 Å². The van der Waals surface area contributed by atoms with Crippen molar-refractivity contribution in [2.75, 3.05) is 0 Å². The molecule has 1 aliphatic rings. The molecule has 0 spiro atoms. The van der Waals surface area contributed by atoms with Crippen LogP contribution in [0.5, 0.6) is 0 Å². The molecule has 0 saturated carbocycles. The number of esters is 2. The van der Waals surface area contributed by atoms with Gasteiger partial charge in [0.25, 0.3) is 0 Å². The molecule has 1 aliphatic heterocycles. The SMILES string of the molecule is CC=CC(O)C(C)(C)C1CC=CC(O)C(O)C=CC=Cc2nc(co2)C(=O)OC(C(C)(C)C(O)C=CC)CC=CC(O)C(O)C=CC=Cc2nc(co2)C(=O)O1. The summed E-state index contributed by atoms with van der Waals surface area (Å²) in [5.74, 6) is -1.55. The Morgan fingerprint density at radius 1 is 0.625 bits per heavy atom. The highest BCUT2D eigenvalue weighted by molar-refractivity contribution is 5.87. The lowest BCUT2D eigenvalue weighted by molar-refractivity contribution is -0.0462. The fraction of sp³-hybridized carbons (Fsp3) is 0.429. The molecule has 2 aromatic heterocycles. The van der Waals surface area contributed by atoms with Crippen LogP contribution in [0, 0.1) is 10.8 Å². The standard InChI is InChI=1S/C42H54N2O12/c1-7-15-33(49)41(3,4)35-21-13-19-31(47)29(45)17-9-12-24-38-44-28(26-54-38)40(52)56-36(42(5,6)34(50)16-8-2)22-14-20-32(48)30(46)18-10-11-23-37-43-27(25-53-37)39(51)55-35/h7-20,23-26,29-36,45-50H,21-22H2,1-6H3. The van der Waals surface area contributed by atoms with Crippen LogP contribution in [0.3, 0.4) is 0 Å². The Bertz CT molecular complexity index is 1680. The van der Waals surface area contributed by atoms with E-state index in [2.05, 4.69) is 9.97 Å². The topological polar surface area (TPSA) is 226 Å². The molecule has 3 heterocycles. The Morgan fingerprint density at radius 3 is 1.34 bits per heavy atom. The lowest BCUT2D eigenvalue weighted by Gasteiger charge is -2.36. The van der Waals surface area contributed by atoms with Crippen LogP contribution < -0.4 is 0 Å². The molecule has 2 aromatic rings. The van der Waals surface area contributed by atoms with Crippen molar-refractivity contribution in [3.05, 3.63) is 121 Å². The number of aliphatic hydroxyl groups is 6. The normalized spacial score (nSPS) is 25.4.